The zero-order valence-corrected chi connectivity index (χ0v) is 13.3. The predicted molar refractivity (Wildman–Crippen MR) is 86.5 cm³/mol. The van der Waals surface area contributed by atoms with Crippen LogP contribution in [0.5, 0.6) is 0 Å². The third kappa shape index (κ3) is 2.71. The first-order valence-corrected chi connectivity index (χ1v) is 8.77. The summed E-state index contributed by atoms with van der Waals surface area (Å²) in [6.07, 6.45) is 1.67. The largest absolute Gasteiger partial charge is 0.366 e. The van der Waals surface area contributed by atoms with Crippen molar-refractivity contribution in [3.63, 3.8) is 0 Å². The zero-order valence-electron chi connectivity index (χ0n) is 12.5. The summed E-state index contributed by atoms with van der Waals surface area (Å²) in [6.45, 7) is 1.23. The number of benzene rings is 1. The van der Waals surface area contributed by atoms with Crippen LogP contribution in [0.1, 0.15) is 6.42 Å². The number of aromatic amines is 1. The third-order valence-electron chi connectivity index (χ3n) is 3.64. The van der Waals surface area contributed by atoms with Gasteiger partial charge in [-0.15, -0.1) is 0 Å². The number of aromatic nitrogens is 2. The summed E-state index contributed by atoms with van der Waals surface area (Å²) in [5, 5.41) is 11.2. The van der Waals surface area contributed by atoms with Crippen molar-refractivity contribution in [2.45, 2.75) is 6.42 Å². The second kappa shape index (κ2) is 5.33. The molecular weight excluding hydrogens is 342 g/mol. The minimum absolute atomic E-state index is 0.0294. The summed E-state index contributed by atoms with van der Waals surface area (Å²) >= 11 is 0. The summed E-state index contributed by atoms with van der Waals surface area (Å²) < 4.78 is 22.9. The van der Waals surface area contributed by atoms with Crippen molar-refractivity contribution in [2.24, 2.45) is 0 Å². The van der Waals surface area contributed by atoms with Crippen molar-refractivity contribution in [2.75, 3.05) is 29.1 Å². The van der Waals surface area contributed by atoms with Crippen LogP contribution in [0.3, 0.4) is 0 Å². The van der Waals surface area contributed by atoms with Gasteiger partial charge < -0.3 is 9.88 Å². The number of anilines is 1. The predicted octanol–water partition coefficient (Wildman–Crippen LogP) is -0.689. The Kier molecular flexibility index (Phi) is 3.55. The second-order valence-electron chi connectivity index (χ2n) is 5.42. The lowest BCUT2D eigenvalue weighted by molar-refractivity contribution is -0.384. The molecule has 0 unspecified atom stereocenters. The molecule has 1 aromatic heterocycles. The lowest BCUT2D eigenvalue weighted by Crippen LogP contribution is -2.43. The molecule has 1 aliphatic rings. The summed E-state index contributed by atoms with van der Waals surface area (Å²) in [6, 6.07) is 2.40. The van der Waals surface area contributed by atoms with Crippen molar-refractivity contribution in [1.82, 2.24) is 9.66 Å². The van der Waals surface area contributed by atoms with Gasteiger partial charge in [-0.2, -0.15) is 4.68 Å². The molecule has 1 aliphatic heterocycles. The lowest BCUT2D eigenvalue weighted by Gasteiger charge is -2.32. The van der Waals surface area contributed by atoms with E-state index in [0.29, 0.717) is 17.8 Å². The highest BCUT2D eigenvalue weighted by Crippen LogP contribution is 2.33. The first-order valence-electron chi connectivity index (χ1n) is 6.87. The molecule has 0 bridgehead atoms. The summed E-state index contributed by atoms with van der Waals surface area (Å²) in [5.41, 5.74) is -1.95. The van der Waals surface area contributed by atoms with Gasteiger partial charge in [-0.3, -0.25) is 14.9 Å². The number of fused-ring (bicyclic) bond motifs is 1. The van der Waals surface area contributed by atoms with Crippen LogP contribution in [0.2, 0.25) is 0 Å². The lowest BCUT2D eigenvalue weighted by atomic mass is 10.1. The van der Waals surface area contributed by atoms with Crippen LogP contribution in [0, 0.1) is 10.1 Å². The first-order chi connectivity index (χ1) is 11.2. The molecule has 1 saturated heterocycles. The van der Waals surface area contributed by atoms with Crippen molar-refractivity contribution in [3.05, 3.63) is 43.1 Å². The Bertz CT molecular complexity index is 1070. The maximum Gasteiger partial charge on any atom is 0.348 e. The molecule has 24 heavy (non-hydrogen) atoms. The molecule has 1 aromatic carbocycles. The monoisotopic (exact) mass is 355 g/mol. The van der Waals surface area contributed by atoms with Gasteiger partial charge in [-0.1, -0.05) is 0 Å². The topological polar surface area (TPSA) is 147 Å². The summed E-state index contributed by atoms with van der Waals surface area (Å²) in [7, 11) is -3.86. The summed E-state index contributed by atoms with van der Waals surface area (Å²) in [4.78, 5) is 40.8. The first kappa shape index (κ1) is 16.0. The number of hydrogen-bond donors (Lipinski definition) is 2. The number of sulfonamides is 1. The Morgan fingerprint density at radius 3 is 2.46 bits per heavy atom. The van der Waals surface area contributed by atoms with Crippen LogP contribution in [0.15, 0.2) is 21.7 Å². The number of hydrogen-bond acceptors (Lipinski definition) is 7. The molecule has 0 atom stereocenters. The van der Waals surface area contributed by atoms with Gasteiger partial charge in [0.2, 0.25) is 10.0 Å². The van der Waals surface area contributed by atoms with Gasteiger partial charge in [0.05, 0.1) is 22.1 Å². The highest BCUT2D eigenvalue weighted by molar-refractivity contribution is 7.91. The van der Waals surface area contributed by atoms with Gasteiger partial charge in [-0.25, -0.2) is 18.0 Å². The van der Waals surface area contributed by atoms with Crippen LogP contribution >= 0.6 is 0 Å². The average Bonchev–Trinajstić information content (AvgIpc) is 2.40. The Balaban J connectivity index is 2.31. The van der Waals surface area contributed by atoms with E-state index in [1.165, 1.54) is 6.07 Å². The minimum atomic E-state index is -3.86. The number of rotatable bonds is 4. The van der Waals surface area contributed by atoms with Crippen molar-refractivity contribution in [3.8, 4) is 0 Å². The van der Waals surface area contributed by atoms with Crippen LogP contribution < -0.4 is 21.0 Å². The van der Waals surface area contributed by atoms with E-state index >= 15 is 0 Å². The Morgan fingerprint density at radius 1 is 1.29 bits per heavy atom. The van der Waals surface area contributed by atoms with E-state index in [4.69, 9.17) is 0 Å². The normalized spacial score (nSPS) is 14.5. The van der Waals surface area contributed by atoms with E-state index in [2.05, 4.69) is 4.98 Å². The fourth-order valence-corrected chi connectivity index (χ4v) is 2.94. The van der Waals surface area contributed by atoms with E-state index in [1.54, 1.807) is 4.90 Å². The van der Waals surface area contributed by atoms with E-state index in [1.807, 2.05) is 4.83 Å². The number of nitro benzene ring substituents is 1. The van der Waals surface area contributed by atoms with Crippen molar-refractivity contribution < 1.29 is 13.3 Å². The maximum absolute atomic E-state index is 12.4. The number of nitrogens with one attached hydrogen (secondary N) is 2. The molecule has 2 heterocycles. The van der Waals surface area contributed by atoms with E-state index in [0.717, 1.165) is 18.7 Å². The molecule has 1 fully saturated rings. The Labute approximate surface area is 134 Å². The molecule has 0 saturated carbocycles. The van der Waals surface area contributed by atoms with Crippen LogP contribution in [0.4, 0.5) is 11.4 Å². The average molecular weight is 355 g/mol. The molecular formula is C12H13N5O6S. The molecule has 128 valence electrons. The minimum Gasteiger partial charge on any atom is -0.366 e. The van der Waals surface area contributed by atoms with Crippen LogP contribution in [0.25, 0.3) is 10.9 Å². The van der Waals surface area contributed by atoms with Gasteiger partial charge in [0, 0.05) is 19.2 Å². The highest BCUT2D eigenvalue weighted by atomic mass is 32.2. The fourth-order valence-electron chi connectivity index (χ4n) is 2.45. The summed E-state index contributed by atoms with van der Waals surface area (Å²) in [5.74, 6) is 0. The quantitative estimate of drug-likeness (QED) is 0.545. The van der Waals surface area contributed by atoms with Gasteiger partial charge in [-0.05, 0) is 12.5 Å². The zero-order chi connectivity index (χ0) is 17.6. The molecule has 2 N–H and O–H groups in total. The Hall–Kier alpha value is -2.89. The molecule has 2 aromatic rings. The third-order valence-corrected chi connectivity index (χ3v) is 4.16. The smallest absolute Gasteiger partial charge is 0.348 e. The van der Waals surface area contributed by atoms with Gasteiger partial charge in [0.25, 0.3) is 11.2 Å². The maximum atomic E-state index is 12.4. The second-order valence-corrected chi connectivity index (χ2v) is 7.15. The molecule has 12 heteroatoms. The number of nitrogens with zero attached hydrogens (tertiary/aromatic N) is 3. The van der Waals surface area contributed by atoms with Crippen LogP contribution in [-0.4, -0.2) is 42.3 Å². The standard InChI is InChI=1S/C12H13N5O6S/c1-24(22,23)14-16-11(18)7-5-9(15-3-2-4-15)10(17(20)21)6-8(7)13-12(16)19/h5-6,14H,2-4H2,1H3,(H,13,19). The van der Waals surface area contributed by atoms with E-state index < -0.39 is 26.2 Å². The van der Waals surface area contributed by atoms with E-state index in [9.17, 15) is 28.1 Å². The SMILES string of the molecule is CS(=O)(=O)Nn1c(=O)[nH]c2cc([N+](=O)[O-])c(N3CCC3)cc2c1=O. The molecule has 3 rings (SSSR count). The van der Waals surface area contributed by atoms with E-state index in [-0.39, 0.29) is 22.3 Å². The van der Waals surface area contributed by atoms with Crippen LogP contribution in [-0.2, 0) is 10.0 Å². The highest BCUT2D eigenvalue weighted by Gasteiger charge is 2.26. The molecule has 0 aliphatic carbocycles. The van der Waals surface area contributed by atoms with Gasteiger partial charge >= 0.3 is 5.69 Å². The molecule has 11 nitrogen and oxygen atoms in total. The molecule has 0 spiro atoms. The molecule has 0 radical (unpaired) electrons. The fraction of sp³-hybridized carbons (Fsp3) is 0.333. The van der Waals surface area contributed by atoms with Crippen molar-refractivity contribution >= 4 is 32.3 Å². The number of H-pyrrole nitrogens is 1. The number of nitro groups is 1. The van der Waals surface area contributed by atoms with Crippen molar-refractivity contribution in [1.29, 1.82) is 0 Å². The van der Waals surface area contributed by atoms with Gasteiger partial charge in [0.15, 0.2) is 0 Å². The molecule has 0 amide bonds. The van der Waals surface area contributed by atoms with Gasteiger partial charge in [0.1, 0.15) is 5.69 Å². The Morgan fingerprint density at radius 2 is 1.96 bits per heavy atom.